The van der Waals surface area contributed by atoms with Crippen molar-refractivity contribution < 1.29 is 27.4 Å². The largest absolute Gasteiger partial charge is 0.549 e. The topological polar surface area (TPSA) is 38.8 Å². The van der Waals surface area contributed by atoms with Crippen LogP contribution in [-0.2, 0) is 9.39 Å². The number of rotatable bonds is 11. The van der Waals surface area contributed by atoms with E-state index in [4.69, 9.17) is 9.39 Å². The van der Waals surface area contributed by atoms with Crippen molar-refractivity contribution in [3.8, 4) is 0 Å². The van der Waals surface area contributed by atoms with Gasteiger partial charge < -0.3 is 9.39 Å². The van der Waals surface area contributed by atoms with Gasteiger partial charge in [0, 0.05) is 6.08 Å². The molecule has 0 aliphatic carbocycles. The van der Waals surface area contributed by atoms with Crippen LogP contribution in [0, 0.1) is 0 Å². The van der Waals surface area contributed by atoms with E-state index < -0.39 is 30.0 Å². The predicted octanol–water partition coefficient (Wildman–Crippen LogP) is 7.14. The molecule has 0 bridgehead atoms. The molecule has 1 heterocycles. The zero-order chi connectivity index (χ0) is 23.0. The lowest BCUT2D eigenvalue weighted by Gasteiger charge is -2.27. The van der Waals surface area contributed by atoms with Crippen molar-refractivity contribution in [1.29, 1.82) is 0 Å². The second kappa shape index (κ2) is 11.3. The van der Waals surface area contributed by atoms with Gasteiger partial charge in [0.05, 0.1) is 11.6 Å². The van der Waals surface area contributed by atoms with Crippen LogP contribution in [-0.4, -0.2) is 30.1 Å². The van der Waals surface area contributed by atoms with Crippen LogP contribution in [0.3, 0.4) is 0 Å². The Hall–Kier alpha value is -2.38. The molecule has 0 unspecified atom stereocenters. The summed E-state index contributed by atoms with van der Waals surface area (Å²) in [5.74, 6) is -0.157. The van der Waals surface area contributed by atoms with E-state index in [1.807, 2.05) is 44.2 Å². The number of alkyl halides is 3. The summed E-state index contributed by atoms with van der Waals surface area (Å²) in [5.41, 5.74) is -0.302. The third-order valence-electron chi connectivity index (χ3n) is 5.34. The maximum Gasteiger partial charge on any atom is 0.417 e. The number of ether oxygens (including phenoxy) is 1. The molecule has 8 heteroatoms. The summed E-state index contributed by atoms with van der Waals surface area (Å²) in [6, 6.07) is 8.59. The maximum atomic E-state index is 13.2. The number of hydrogen-bond donors (Lipinski definition) is 0. The van der Waals surface area contributed by atoms with Crippen molar-refractivity contribution in [1.82, 2.24) is 4.90 Å². The lowest BCUT2D eigenvalue weighted by molar-refractivity contribution is -0.0882. The summed E-state index contributed by atoms with van der Waals surface area (Å²) >= 11 is 0. The molecule has 0 aromatic heterocycles. The van der Waals surface area contributed by atoms with Crippen molar-refractivity contribution >= 4 is 13.0 Å². The Balaban J connectivity index is 2.35. The first kappa shape index (κ1) is 24.9. The number of hydrogen-bond acceptors (Lipinski definition) is 3. The van der Waals surface area contributed by atoms with Gasteiger partial charge in [0.15, 0.2) is 5.88 Å². The number of allylic oxidation sites excluding steroid dienone is 2. The van der Waals surface area contributed by atoms with Crippen LogP contribution in [0.15, 0.2) is 54.4 Å². The van der Waals surface area contributed by atoms with Gasteiger partial charge in [-0.15, -0.1) is 0 Å². The molecule has 1 aromatic carbocycles. The number of carbonyl (C=O) groups is 1. The quantitative estimate of drug-likeness (QED) is 0.210. The highest BCUT2D eigenvalue weighted by Gasteiger charge is 2.44. The highest BCUT2D eigenvalue weighted by molar-refractivity contribution is 6.52. The van der Waals surface area contributed by atoms with Gasteiger partial charge in [-0.3, -0.25) is 0 Å². The van der Waals surface area contributed by atoms with Gasteiger partial charge in [0.25, 0.3) is 0 Å². The molecule has 0 radical (unpaired) electrons. The Morgan fingerprint density at radius 3 is 2.29 bits per heavy atom. The highest BCUT2D eigenvalue weighted by Crippen LogP contribution is 2.37. The van der Waals surface area contributed by atoms with Crippen molar-refractivity contribution in [2.75, 3.05) is 0 Å². The molecule has 170 valence electrons. The molecular weight excluding hydrogens is 406 g/mol. The summed E-state index contributed by atoms with van der Waals surface area (Å²) in [4.78, 5) is 13.9. The maximum absolute atomic E-state index is 13.2. The Bertz CT molecular complexity index is 759. The van der Waals surface area contributed by atoms with Gasteiger partial charge >= 0.3 is 19.2 Å². The Morgan fingerprint density at radius 2 is 1.77 bits per heavy atom. The molecule has 0 spiro atoms. The average Bonchev–Trinajstić information content (AvgIpc) is 3.03. The Labute approximate surface area is 183 Å². The van der Waals surface area contributed by atoms with Crippen LogP contribution < -0.4 is 0 Å². The standard InChI is InChI=1S/C23H31BF3NO3/c1-5-7-14-24(15-8-6-2)31-20(16-17(3)23(25,26)27)28-18(4)21(30-22(28)29)19-12-10-9-11-13-19/h9-13,16,18,21H,3,5-8,14-15H2,1-2,4H3/b20-16-/t18-,21-/m1/s1. The molecule has 0 saturated carbocycles. The molecule has 1 saturated heterocycles. The van der Waals surface area contributed by atoms with E-state index >= 15 is 0 Å². The fourth-order valence-electron chi connectivity index (χ4n) is 3.53. The molecule has 1 aliphatic rings. The van der Waals surface area contributed by atoms with Crippen molar-refractivity contribution in [3.05, 3.63) is 60.0 Å². The lowest BCUT2D eigenvalue weighted by Crippen LogP contribution is -2.35. The molecule has 1 aromatic rings. The number of amides is 1. The number of carbonyl (C=O) groups excluding carboxylic acids is 1. The smallest absolute Gasteiger partial charge is 0.417 e. The molecule has 0 N–H and O–H groups in total. The number of nitrogens with zero attached hydrogens (tertiary/aromatic N) is 1. The molecular formula is C23H31BF3NO3. The number of halogens is 3. The normalized spacial score (nSPS) is 19.4. The van der Waals surface area contributed by atoms with E-state index in [1.54, 1.807) is 6.92 Å². The van der Waals surface area contributed by atoms with Gasteiger partial charge in [0.1, 0.15) is 6.10 Å². The number of cyclic esters (lactones) is 1. The zero-order valence-electron chi connectivity index (χ0n) is 18.5. The van der Waals surface area contributed by atoms with E-state index in [0.29, 0.717) is 12.6 Å². The summed E-state index contributed by atoms with van der Waals surface area (Å²) in [7, 11) is 0. The summed E-state index contributed by atoms with van der Waals surface area (Å²) in [6.45, 7) is 8.68. The third-order valence-corrected chi connectivity index (χ3v) is 5.34. The fraction of sp³-hybridized carbons (Fsp3) is 0.522. The fourth-order valence-corrected chi connectivity index (χ4v) is 3.53. The molecule has 1 amide bonds. The van der Waals surface area contributed by atoms with Crippen LogP contribution in [0.2, 0.25) is 12.6 Å². The number of unbranched alkanes of at least 4 members (excludes halogenated alkanes) is 2. The van der Waals surface area contributed by atoms with Crippen LogP contribution >= 0.6 is 0 Å². The van der Waals surface area contributed by atoms with E-state index in [-0.39, 0.29) is 12.8 Å². The van der Waals surface area contributed by atoms with Gasteiger partial charge in [0.2, 0.25) is 0 Å². The third kappa shape index (κ3) is 6.81. The van der Waals surface area contributed by atoms with Gasteiger partial charge in [-0.25, -0.2) is 9.69 Å². The summed E-state index contributed by atoms with van der Waals surface area (Å²) in [6.07, 6.45) is -0.0900. The molecule has 2 rings (SSSR count). The second-order valence-corrected chi connectivity index (χ2v) is 7.86. The minimum atomic E-state index is -4.62. The Kier molecular flexibility index (Phi) is 9.07. The van der Waals surface area contributed by atoms with E-state index in [0.717, 1.165) is 37.3 Å². The molecule has 2 atom stereocenters. The highest BCUT2D eigenvalue weighted by atomic mass is 19.4. The van der Waals surface area contributed by atoms with E-state index in [1.165, 1.54) is 4.90 Å². The van der Waals surface area contributed by atoms with Crippen LogP contribution in [0.4, 0.5) is 18.0 Å². The molecule has 1 fully saturated rings. The first-order valence-corrected chi connectivity index (χ1v) is 10.9. The summed E-state index contributed by atoms with van der Waals surface area (Å²) in [5, 5.41) is 0. The molecule has 31 heavy (non-hydrogen) atoms. The van der Waals surface area contributed by atoms with Gasteiger partial charge in [-0.05, 0) is 25.1 Å². The van der Waals surface area contributed by atoms with E-state index in [9.17, 15) is 18.0 Å². The van der Waals surface area contributed by atoms with Crippen molar-refractivity contribution in [2.24, 2.45) is 0 Å². The number of benzene rings is 1. The van der Waals surface area contributed by atoms with Crippen molar-refractivity contribution in [3.63, 3.8) is 0 Å². The second-order valence-electron chi connectivity index (χ2n) is 7.86. The van der Waals surface area contributed by atoms with Gasteiger partial charge in [-0.1, -0.05) is 76.4 Å². The van der Waals surface area contributed by atoms with Crippen molar-refractivity contribution in [2.45, 2.75) is 77.4 Å². The van der Waals surface area contributed by atoms with E-state index in [2.05, 4.69) is 6.58 Å². The van der Waals surface area contributed by atoms with Gasteiger partial charge in [-0.2, -0.15) is 13.2 Å². The van der Waals surface area contributed by atoms with Crippen LogP contribution in [0.25, 0.3) is 0 Å². The lowest BCUT2D eigenvalue weighted by atomic mass is 9.59. The monoisotopic (exact) mass is 437 g/mol. The van der Waals surface area contributed by atoms with Crippen LogP contribution in [0.5, 0.6) is 0 Å². The van der Waals surface area contributed by atoms with Crippen LogP contribution in [0.1, 0.15) is 58.1 Å². The summed E-state index contributed by atoms with van der Waals surface area (Å²) < 4.78 is 51.3. The first-order chi connectivity index (χ1) is 14.7. The minimum absolute atomic E-state index is 0.157. The SMILES string of the molecule is C=C(/C=C(\OB(CCCC)CCCC)N1C(=O)O[C@@H](c2ccccc2)[C@H]1C)C(F)(F)F. The first-order valence-electron chi connectivity index (χ1n) is 10.9. The average molecular weight is 437 g/mol. The molecule has 1 aliphatic heterocycles. The zero-order valence-corrected chi connectivity index (χ0v) is 18.5. The predicted molar refractivity (Wildman–Crippen MR) is 117 cm³/mol. The Morgan fingerprint density at radius 1 is 1.19 bits per heavy atom. The minimum Gasteiger partial charge on any atom is -0.549 e. The molecule has 4 nitrogen and oxygen atoms in total.